The number of amides is 1. The minimum Gasteiger partial charge on any atom is -0.350 e. The van der Waals surface area contributed by atoms with Gasteiger partial charge in [0, 0.05) is 23.9 Å². The maximum absolute atomic E-state index is 13.0. The van der Waals surface area contributed by atoms with Crippen LogP contribution in [0.1, 0.15) is 38.4 Å². The van der Waals surface area contributed by atoms with Gasteiger partial charge in [0.15, 0.2) is 0 Å². The molecule has 1 aliphatic rings. The van der Waals surface area contributed by atoms with Gasteiger partial charge in [-0.05, 0) is 36.9 Å². The number of likely N-dealkylation sites (tertiary alicyclic amines) is 1. The quantitative estimate of drug-likeness (QED) is 0.642. The summed E-state index contributed by atoms with van der Waals surface area (Å²) >= 11 is 1.52. The van der Waals surface area contributed by atoms with Crippen LogP contribution in [0.4, 0.5) is 13.2 Å². The molecule has 1 amide bonds. The number of piperidine rings is 1. The third-order valence-corrected chi connectivity index (χ3v) is 6.31. The second kappa shape index (κ2) is 8.27. The topological polar surface area (TPSA) is 71.6 Å². The maximum atomic E-state index is 13.0. The third-order valence-electron chi connectivity index (χ3n) is 5.40. The summed E-state index contributed by atoms with van der Waals surface area (Å²) in [6.45, 7) is 3.16. The molecule has 31 heavy (non-hydrogen) atoms. The molecule has 3 aromatic rings. The molecule has 1 N–H and O–H groups in total. The smallest absolute Gasteiger partial charge is 0.350 e. The first-order chi connectivity index (χ1) is 14.6. The molecule has 0 saturated carbocycles. The van der Waals surface area contributed by atoms with Gasteiger partial charge in [-0.25, -0.2) is 4.68 Å². The number of aromatic nitrogens is 3. The lowest BCUT2D eigenvalue weighted by Crippen LogP contribution is -2.51. The normalized spacial score (nSPS) is 18.3. The van der Waals surface area contributed by atoms with Crippen LogP contribution in [0.2, 0.25) is 0 Å². The molecule has 7 nitrogen and oxygen atoms in total. The van der Waals surface area contributed by atoms with Crippen molar-refractivity contribution in [3.63, 3.8) is 0 Å². The number of nitrogens with one attached hydrogen (secondary N) is 1. The Bertz CT molecular complexity index is 1160. The molecule has 1 saturated heterocycles. The number of halogens is 3. The first kappa shape index (κ1) is 21.8. The van der Waals surface area contributed by atoms with Gasteiger partial charge in [-0.2, -0.15) is 18.3 Å². The number of hydrogen-bond acceptors (Lipinski definition) is 5. The number of thiophene rings is 1. The molecule has 1 aliphatic heterocycles. The van der Waals surface area contributed by atoms with E-state index in [9.17, 15) is 22.8 Å². The monoisotopic (exact) mass is 455 g/mol. The zero-order valence-corrected chi connectivity index (χ0v) is 18.1. The summed E-state index contributed by atoms with van der Waals surface area (Å²) < 4.78 is 41.0. The highest BCUT2D eigenvalue weighted by atomic mass is 32.1. The van der Waals surface area contributed by atoms with E-state index in [1.54, 1.807) is 6.07 Å². The number of carbonyl (C=O) groups excluding carboxylic acids is 1. The molecule has 0 radical (unpaired) electrons. The lowest BCUT2D eigenvalue weighted by Gasteiger charge is -2.33. The predicted octanol–water partition coefficient (Wildman–Crippen LogP) is 2.98. The number of rotatable bonds is 5. The summed E-state index contributed by atoms with van der Waals surface area (Å²) in [5.74, 6) is 0.263. The average Bonchev–Trinajstić information content (AvgIpc) is 3.24. The summed E-state index contributed by atoms with van der Waals surface area (Å²) in [4.78, 5) is 27.8. The first-order valence-electron chi connectivity index (χ1n) is 10.2. The predicted molar refractivity (Wildman–Crippen MR) is 113 cm³/mol. The minimum atomic E-state index is -4.27. The van der Waals surface area contributed by atoms with E-state index >= 15 is 0 Å². The van der Waals surface area contributed by atoms with Gasteiger partial charge in [0.1, 0.15) is 22.7 Å². The summed E-state index contributed by atoms with van der Waals surface area (Å²) in [6, 6.07) is 3.35. The average molecular weight is 456 g/mol. The van der Waals surface area contributed by atoms with Gasteiger partial charge in [-0.15, -0.1) is 11.3 Å². The molecule has 0 aliphatic carbocycles. The highest BCUT2D eigenvalue weighted by molar-refractivity contribution is 7.16. The van der Waals surface area contributed by atoms with E-state index in [2.05, 4.69) is 10.4 Å². The zero-order chi connectivity index (χ0) is 22.3. The summed E-state index contributed by atoms with van der Waals surface area (Å²) in [6.07, 6.45) is -3.09. The summed E-state index contributed by atoms with van der Waals surface area (Å²) in [5.41, 5.74) is 0.0904. The molecule has 3 aromatic heterocycles. The van der Waals surface area contributed by atoms with Crippen LogP contribution in [-0.2, 0) is 11.3 Å². The molecule has 0 aromatic carbocycles. The Morgan fingerprint density at radius 1 is 1.39 bits per heavy atom. The molecule has 0 bridgehead atoms. The van der Waals surface area contributed by atoms with E-state index in [0.717, 1.165) is 14.9 Å². The standard InChI is InChI=1S/C20H24F3N5O2S/c1-12(2)17-25-27(18(30)15-8-13-5-7-31-19(13)28(15)17)10-16(29)24-14-4-3-6-26(9-14)11-20(21,22)23/h5,7-8,12,14H,3-4,6,9-11H2,1-2H3,(H,24,29). The fourth-order valence-electron chi connectivity index (χ4n) is 4.12. The van der Waals surface area contributed by atoms with E-state index in [1.807, 2.05) is 29.7 Å². The highest BCUT2D eigenvalue weighted by Gasteiger charge is 2.33. The van der Waals surface area contributed by atoms with Gasteiger partial charge in [-0.1, -0.05) is 13.8 Å². The Morgan fingerprint density at radius 2 is 2.16 bits per heavy atom. The fraction of sp³-hybridized carbons (Fsp3) is 0.550. The van der Waals surface area contributed by atoms with Crippen molar-refractivity contribution in [3.8, 4) is 0 Å². The number of hydrogen-bond donors (Lipinski definition) is 1. The van der Waals surface area contributed by atoms with E-state index < -0.39 is 18.6 Å². The molecule has 1 atom stereocenters. The van der Waals surface area contributed by atoms with Crippen molar-refractivity contribution in [2.45, 2.75) is 51.4 Å². The van der Waals surface area contributed by atoms with Crippen molar-refractivity contribution < 1.29 is 18.0 Å². The molecule has 0 spiro atoms. The second-order valence-corrected chi connectivity index (χ2v) is 9.17. The molecule has 1 fully saturated rings. The Balaban J connectivity index is 1.54. The SMILES string of the molecule is CC(C)c1nn(CC(=O)NC2CCCN(CC(F)(F)F)C2)c(=O)c2cc3ccsc3n12. The van der Waals surface area contributed by atoms with Crippen LogP contribution in [0, 0.1) is 0 Å². The number of fused-ring (bicyclic) bond motifs is 3. The molecule has 11 heteroatoms. The Morgan fingerprint density at radius 3 is 2.87 bits per heavy atom. The largest absolute Gasteiger partial charge is 0.401 e. The highest BCUT2D eigenvalue weighted by Crippen LogP contribution is 2.26. The van der Waals surface area contributed by atoms with Crippen LogP contribution in [0.15, 0.2) is 22.3 Å². The van der Waals surface area contributed by atoms with Crippen LogP contribution < -0.4 is 10.9 Å². The van der Waals surface area contributed by atoms with Crippen LogP contribution in [-0.4, -0.2) is 56.8 Å². The second-order valence-electron chi connectivity index (χ2n) is 8.28. The molecular formula is C20H24F3N5O2S. The number of carbonyl (C=O) groups is 1. The molecule has 4 heterocycles. The molecular weight excluding hydrogens is 431 g/mol. The van der Waals surface area contributed by atoms with Crippen molar-refractivity contribution in [2.75, 3.05) is 19.6 Å². The Kier molecular flexibility index (Phi) is 5.82. The van der Waals surface area contributed by atoms with Gasteiger partial charge in [0.2, 0.25) is 5.91 Å². The summed E-state index contributed by atoms with van der Waals surface area (Å²) in [5, 5.41) is 10.1. The molecule has 1 unspecified atom stereocenters. The molecule has 168 valence electrons. The van der Waals surface area contributed by atoms with Gasteiger partial charge < -0.3 is 5.32 Å². The van der Waals surface area contributed by atoms with E-state index in [-0.39, 0.29) is 30.6 Å². The third kappa shape index (κ3) is 4.62. The number of nitrogens with zero attached hydrogens (tertiary/aromatic N) is 4. The molecule has 4 rings (SSSR count). The van der Waals surface area contributed by atoms with E-state index in [1.165, 1.54) is 16.2 Å². The van der Waals surface area contributed by atoms with E-state index in [4.69, 9.17) is 0 Å². The van der Waals surface area contributed by atoms with Crippen LogP contribution >= 0.6 is 11.3 Å². The van der Waals surface area contributed by atoms with Crippen LogP contribution in [0.3, 0.4) is 0 Å². The Labute approximate surface area is 180 Å². The van der Waals surface area contributed by atoms with Crippen molar-refractivity contribution in [3.05, 3.63) is 33.7 Å². The lowest BCUT2D eigenvalue weighted by atomic mass is 10.1. The summed E-state index contributed by atoms with van der Waals surface area (Å²) in [7, 11) is 0. The van der Waals surface area contributed by atoms with Gasteiger partial charge in [0.25, 0.3) is 5.56 Å². The lowest BCUT2D eigenvalue weighted by molar-refractivity contribution is -0.148. The first-order valence-corrected chi connectivity index (χ1v) is 11.1. The van der Waals surface area contributed by atoms with Crippen molar-refractivity contribution in [1.29, 1.82) is 0 Å². The fourth-order valence-corrected chi connectivity index (χ4v) is 5.02. The Hall–Kier alpha value is -2.40. The minimum absolute atomic E-state index is 0.0179. The van der Waals surface area contributed by atoms with Crippen molar-refractivity contribution in [2.24, 2.45) is 0 Å². The van der Waals surface area contributed by atoms with Gasteiger partial charge >= 0.3 is 6.18 Å². The van der Waals surface area contributed by atoms with Gasteiger partial charge in [0.05, 0.1) is 6.54 Å². The number of alkyl halides is 3. The van der Waals surface area contributed by atoms with Gasteiger partial charge in [-0.3, -0.25) is 18.9 Å². The maximum Gasteiger partial charge on any atom is 0.401 e. The van der Waals surface area contributed by atoms with Crippen molar-refractivity contribution >= 4 is 33.0 Å². The van der Waals surface area contributed by atoms with E-state index in [0.29, 0.717) is 30.7 Å². The van der Waals surface area contributed by atoms with Crippen LogP contribution in [0.25, 0.3) is 15.7 Å². The zero-order valence-electron chi connectivity index (χ0n) is 17.3. The van der Waals surface area contributed by atoms with Crippen LogP contribution in [0.5, 0.6) is 0 Å². The van der Waals surface area contributed by atoms with Crippen molar-refractivity contribution in [1.82, 2.24) is 24.4 Å².